The van der Waals surface area contributed by atoms with Crippen molar-refractivity contribution in [3.05, 3.63) is 0 Å². The Morgan fingerprint density at radius 2 is 2.33 bits per heavy atom. The average Bonchev–Trinajstić information content (AvgIpc) is 2.09. The Balaban J connectivity index is 2.58. The molecule has 4 atom stereocenters. The first kappa shape index (κ1) is 10.6. The maximum atomic E-state index is 9.55. The van der Waals surface area contributed by atoms with Crippen molar-refractivity contribution in [2.24, 2.45) is 11.5 Å². The van der Waals surface area contributed by atoms with Crippen LogP contribution in [0.3, 0.4) is 0 Å². The summed E-state index contributed by atoms with van der Waals surface area (Å²) < 4.78 is 10.3. The van der Waals surface area contributed by atoms with Crippen molar-refractivity contribution in [1.82, 2.24) is 0 Å². The molecular weight excluding hydrogens is 275 g/mol. The van der Waals surface area contributed by atoms with Gasteiger partial charge in [-0.25, -0.2) is 0 Å². The highest BCUT2D eigenvalue weighted by atomic mass is 127. The van der Waals surface area contributed by atoms with Gasteiger partial charge in [-0.15, -0.1) is 0 Å². The summed E-state index contributed by atoms with van der Waals surface area (Å²) in [5.41, 5.74) is 11.0. The molecule has 0 aromatic rings. The lowest BCUT2D eigenvalue weighted by Gasteiger charge is -2.36. The van der Waals surface area contributed by atoms with E-state index >= 15 is 0 Å². The zero-order valence-electron chi connectivity index (χ0n) is 6.52. The summed E-state index contributed by atoms with van der Waals surface area (Å²) in [5.74, 6) is 0. The highest BCUT2D eigenvalue weighted by Crippen LogP contribution is 2.18. The molecule has 1 aliphatic rings. The minimum Gasteiger partial charge on any atom is -0.389 e. The first-order chi connectivity index (χ1) is 5.70. The third-order valence-electron chi connectivity index (χ3n) is 1.98. The molecule has 1 saturated heterocycles. The van der Waals surface area contributed by atoms with E-state index in [-0.39, 0.29) is 12.1 Å². The van der Waals surface area contributed by atoms with E-state index in [2.05, 4.69) is 0 Å². The fourth-order valence-electron chi connectivity index (χ4n) is 1.20. The van der Waals surface area contributed by atoms with E-state index in [1.807, 2.05) is 0 Å². The standard InChI is InChI=1S/C6H13IN2O3/c7-12-6-4(1-8)11-2-3(9)5(6)10/h3-6,10H,1-2,8-9H2/t3-,4?,5?,6?/m1/s1. The van der Waals surface area contributed by atoms with Crippen LogP contribution in [0.4, 0.5) is 0 Å². The van der Waals surface area contributed by atoms with Crippen LogP contribution in [0.1, 0.15) is 0 Å². The van der Waals surface area contributed by atoms with E-state index in [1.165, 1.54) is 0 Å². The Hall–Kier alpha value is 0.530. The highest BCUT2D eigenvalue weighted by molar-refractivity contribution is 14.1. The minimum atomic E-state index is -0.691. The molecule has 1 rings (SSSR count). The van der Waals surface area contributed by atoms with Gasteiger partial charge in [0.25, 0.3) is 0 Å². The van der Waals surface area contributed by atoms with Crippen LogP contribution in [0, 0.1) is 0 Å². The van der Waals surface area contributed by atoms with Crippen molar-refractivity contribution in [3.63, 3.8) is 0 Å². The first-order valence-electron chi connectivity index (χ1n) is 3.73. The van der Waals surface area contributed by atoms with Crippen molar-refractivity contribution < 1.29 is 12.9 Å². The van der Waals surface area contributed by atoms with E-state index in [0.717, 1.165) is 0 Å². The van der Waals surface area contributed by atoms with Gasteiger partial charge in [0.15, 0.2) is 0 Å². The second kappa shape index (κ2) is 4.68. The van der Waals surface area contributed by atoms with E-state index < -0.39 is 12.2 Å². The Morgan fingerprint density at radius 1 is 1.67 bits per heavy atom. The number of aliphatic hydroxyl groups excluding tert-OH is 1. The zero-order chi connectivity index (χ0) is 9.14. The Labute approximate surface area is 85.1 Å². The molecule has 1 heterocycles. The largest absolute Gasteiger partial charge is 0.389 e. The van der Waals surface area contributed by atoms with Crippen LogP contribution in [0.15, 0.2) is 0 Å². The second-order valence-electron chi connectivity index (χ2n) is 2.82. The number of rotatable bonds is 2. The number of halogens is 1. The summed E-state index contributed by atoms with van der Waals surface area (Å²) in [7, 11) is 0. The number of ether oxygens (including phenoxy) is 1. The normalized spacial score (nSPS) is 43.0. The molecule has 12 heavy (non-hydrogen) atoms. The van der Waals surface area contributed by atoms with Crippen LogP contribution in [0.5, 0.6) is 0 Å². The Morgan fingerprint density at radius 3 is 2.83 bits per heavy atom. The van der Waals surface area contributed by atoms with Crippen LogP contribution < -0.4 is 11.5 Å². The van der Waals surface area contributed by atoms with Gasteiger partial charge in [-0.05, 0) is 0 Å². The van der Waals surface area contributed by atoms with Gasteiger partial charge >= 0.3 is 0 Å². The average molecular weight is 288 g/mol. The molecule has 0 radical (unpaired) electrons. The molecule has 0 amide bonds. The van der Waals surface area contributed by atoms with Gasteiger partial charge in [0.1, 0.15) is 35.2 Å². The van der Waals surface area contributed by atoms with Crippen LogP contribution >= 0.6 is 23.0 Å². The molecule has 0 bridgehead atoms. The zero-order valence-corrected chi connectivity index (χ0v) is 8.68. The van der Waals surface area contributed by atoms with Gasteiger partial charge in [-0.1, -0.05) is 0 Å². The predicted octanol–water partition coefficient (Wildman–Crippen LogP) is -1.23. The van der Waals surface area contributed by atoms with Crippen LogP contribution in [0.25, 0.3) is 0 Å². The Bertz CT molecular complexity index is 147. The number of aliphatic hydroxyl groups is 1. The number of nitrogens with two attached hydrogens (primary N) is 2. The monoisotopic (exact) mass is 288 g/mol. The quantitative estimate of drug-likeness (QED) is 0.553. The lowest BCUT2D eigenvalue weighted by Crippen LogP contribution is -2.58. The van der Waals surface area contributed by atoms with E-state index in [4.69, 9.17) is 19.3 Å². The lowest BCUT2D eigenvalue weighted by atomic mass is 9.99. The van der Waals surface area contributed by atoms with E-state index in [0.29, 0.717) is 13.2 Å². The lowest BCUT2D eigenvalue weighted by molar-refractivity contribution is -0.117. The Kier molecular flexibility index (Phi) is 4.14. The van der Waals surface area contributed by atoms with Crippen molar-refractivity contribution in [2.45, 2.75) is 24.4 Å². The van der Waals surface area contributed by atoms with Gasteiger partial charge in [-0.3, -0.25) is 0 Å². The van der Waals surface area contributed by atoms with Crippen LogP contribution in [0.2, 0.25) is 0 Å². The molecule has 0 aromatic heterocycles. The number of hydrogen-bond donors (Lipinski definition) is 3. The summed E-state index contributed by atoms with van der Waals surface area (Å²) in [6.45, 7) is 0.664. The summed E-state index contributed by atoms with van der Waals surface area (Å²) >= 11 is 1.72. The molecule has 0 saturated carbocycles. The van der Waals surface area contributed by atoms with E-state index in [9.17, 15) is 5.11 Å². The van der Waals surface area contributed by atoms with Crippen molar-refractivity contribution >= 4 is 23.0 Å². The molecular formula is C6H13IN2O3. The topological polar surface area (TPSA) is 90.7 Å². The molecule has 0 aromatic carbocycles. The fourth-order valence-corrected chi connectivity index (χ4v) is 1.83. The maximum Gasteiger partial charge on any atom is 0.125 e. The van der Waals surface area contributed by atoms with Crippen LogP contribution in [-0.4, -0.2) is 42.6 Å². The fraction of sp³-hybridized carbons (Fsp3) is 1.00. The van der Waals surface area contributed by atoms with Crippen molar-refractivity contribution in [3.8, 4) is 0 Å². The molecule has 72 valence electrons. The van der Waals surface area contributed by atoms with Crippen molar-refractivity contribution in [1.29, 1.82) is 0 Å². The van der Waals surface area contributed by atoms with Crippen LogP contribution in [-0.2, 0) is 7.80 Å². The third kappa shape index (κ3) is 2.06. The van der Waals surface area contributed by atoms with Gasteiger partial charge in [0, 0.05) is 6.54 Å². The smallest absolute Gasteiger partial charge is 0.125 e. The highest BCUT2D eigenvalue weighted by Gasteiger charge is 2.37. The molecule has 6 heteroatoms. The molecule has 5 nitrogen and oxygen atoms in total. The summed E-state index contributed by atoms with van der Waals surface area (Å²) in [4.78, 5) is 0. The van der Waals surface area contributed by atoms with Gasteiger partial charge in [-0.2, -0.15) is 0 Å². The van der Waals surface area contributed by atoms with Crippen molar-refractivity contribution in [2.75, 3.05) is 13.2 Å². The predicted molar refractivity (Wildman–Crippen MR) is 51.7 cm³/mol. The maximum absolute atomic E-state index is 9.55. The summed E-state index contributed by atoms with van der Waals surface area (Å²) in [5, 5.41) is 9.55. The molecule has 0 aliphatic carbocycles. The van der Waals surface area contributed by atoms with Gasteiger partial charge < -0.3 is 24.4 Å². The minimum absolute atomic E-state index is 0.253. The van der Waals surface area contributed by atoms with Gasteiger partial charge in [0.2, 0.25) is 0 Å². The molecule has 1 aliphatic heterocycles. The first-order valence-corrected chi connectivity index (χ1v) is 4.61. The summed E-state index contributed by atoms with van der Waals surface area (Å²) in [6, 6.07) is -0.382. The number of hydrogen-bond acceptors (Lipinski definition) is 5. The SMILES string of the molecule is NCC1OC[C@@H](N)C(O)C1OI. The molecule has 3 unspecified atom stereocenters. The molecule has 0 spiro atoms. The third-order valence-corrected chi connectivity index (χ3v) is 2.57. The van der Waals surface area contributed by atoms with Gasteiger partial charge in [0.05, 0.1) is 18.8 Å². The van der Waals surface area contributed by atoms with E-state index in [1.54, 1.807) is 23.0 Å². The molecule has 1 fully saturated rings. The second-order valence-corrected chi connectivity index (χ2v) is 3.32. The summed E-state index contributed by atoms with van der Waals surface area (Å²) in [6.07, 6.45) is -1.36. The molecule has 5 N–H and O–H groups in total.